The number of anilines is 1. The summed E-state index contributed by atoms with van der Waals surface area (Å²) in [6.07, 6.45) is 4.08. The summed E-state index contributed by atoms with van der Waals surface area (Å²) in [4.78, 5) is 2.68. The third kappa shape index (κ3) is 3.12. The molecule has 2 fully saturated rings. The standard InChI is InChI=1S/C17H26N2.ClH/c1-16(2)8-15-9-17(3,11-16)12-19(15)10-13-5-4-6-14(18)7-13;/h4-7,15H,8-12,18H2,1-3H3;1H. The summed E-state index contributed by atoms with van der Waals surface area (Å²) in [5.41, 5.74) is 9.15. The van der Waals surface area contributed by atoms with Gasteiger partial charge >= 0.3 is 0 Å². The Morgan fingerprint density at radius 2 is 2.00 bits per heavy atom. The van der Waals surface area contributed by atoms with Crippen LogP contribution in [0.2, 0.25) is 0 Å². The van der Waals surface area contributed by atoms with Crippen molar-refractivity contribution in [3.8, 4) is 0 Å². The molecule has 3 rings (SSSR count). The first-order valence-corrected chi connectivity index (χ1v) is 7.44. The quantitative estimate of drug-likeness (QED) is 0.833. The maximum Gasteiger partial charge on any atom is 0.0317 e. The van der Waals surface area contributed by atoms with Crippen molar-refractivity contribution in [3.63, 3.8) is 0 Å². The van der Waals surface area contributed by atoms with Crippen LogP contribution in [0.1, 0.15) is 45.6 Å². The van der Waals surface area contributed by atoms with E-state index in [9.17, 15) is 0 Å². The molecular formula is C17H27ClN2. The van der Waals surface area contributed by atoms with Crippen LogP contribution in [0.25, 0.3) is 0 Å². The summed E-state index contributed by atoms with van der Waals surface area (Å²) >= 11 is 0. The van der Waals surface area contributed by atoms with Crippen LogP contribution in [0.4, 0.5) is 5.69 Å². The van der Waals surface area contributed by atoms with Crippen LogP contribution < -0.4 is 5.73 Å². The number of rotatable bonds is 2. The molecule has 1 aromatic rings. The van der Waals surface area contributed by atoms with E-state index in [1.807, 2.05) is 6.07 Å². The molecule has 20 heavy (non-hydrogen) atoms. The lowest BCUT2D eigenvalue weighted by Gasteiger charge is -2.40. The normalized spacial score (nSPS) is 31.9. The molecule has 2 bridgehead atoms. The van der Waals surface area contributed by atoms with Gasteiger partial charge in [0.2, 0.25) is 0 Å². The zero-order valence-electron chi connectivity index (χ0n) is 12.9. The molecule has 1 aromatic carbocycles. The van der Waals surface area contributed by atoms with Gasteiger partial charge in [0.1, 0.15) is 0 Å². The minimum atomic E-state index is 0. The number of nitrogen functional groups attached to an aromatic ring is 1. The highest BCUT2D eigenvalue weighted by Crippen LogP contribution is 2.52. The zero-order chi connectivity index (χ0) is 13.7. The molecule has 1 aliphatic carbocycles. The summed E-state index contributed by atoms with van der Waals surface area (Å²) in [6.45, 7) is 9.64. The second-order valence-corrected chi connectivity index (χ2v) is 7.86. The molecule has 0 aromatic heterocycles. The first kappa shape index (κ1) is 15.7. The van der Waals surface area contributed by atoms with Crippen molar-refractivity contribution in [2.45, 2.75) is 52.6 Å². The Morgan fingerprint density at radius 1 is 1.25 bits per heavy atom. The van der Waals surface area contributed by atoms with Crippen LogP contribution >= 0.6 is 12.4 Å². The van der Waals surface area contributed by atoms with Gasteiger partial charge in [0.25, 0.3) is 0 Å². The Kier molecular flexibility index (Phi) is 4.10. The van der Waals surface area contributed by atoms with Crippen LogP contribution in [0.5, 0.6) is 0 Å². The van der Waals surface area contributed by atoms with Crippen LogP contribution in [0, 0.1) is 10.8 Å². The second-order valence-electron chi connectivity index (χ2n) is 7.86. The molecule has 1 saturated heterocycles. The Labute approximate surface area is 129 Å². The fourth-order valence-corrected chi connectivity index (χ4v) is 4.69. The van der Waals surface area contributed by atoms with Crippen molar-refractivity contribution in [2.75, 3.05) is 12.3 Å². The predicted molar refractivity (Wildman–Crippen MR) is 88.0 cm³/mol. The highest BCUT2D eigenvalue weighted by Gasteiger charge is 2.49. The smallest absolute Gasteiger partial charge is 0.0317 e. The molecule has 2 aliphatic rings. The molecule has 0 amide bonds. The fourth-order valence-electron chi connectivity index (χ4n) is 4.69. The van der Waals surface area contributed by atoms with Crippen molar-refractivity contribution in [1.82, 2.24) is 4.90 Å². The maximum absolute atomic E-state index is 5.89. The topological polar surface area (TPSA) is 29.3 Å². The largest absolute Gasteiger partial charge is 0.399 e. The molecule has 1 saturated carbocycles. The third-order valence-electron chi connectivity index (χ3n) is 4.86. The lowest BCUT2D eigenvalue weighted by atomic mass is 9.65. The molecule has 2 unspecified atom stereocenters. The number of halogens is 1. The molecule has 1 heterocycles. The van der Waals surface area contributed by atoms with Crippen molar-refractivity contribution in [2.24, 2.45) is 10.8 Å². The van der Waals surface area contributed by atoms with Gasteiger partial charge in [0.05, 0.1) is 0 Å². The zero-order valence-corrected chi connectivity index (χ0v) is 13.7. The summed E-state index contributed by atoms with van der Waals surface area (Å²) < 4.78 is 0. The van der Waals surface area contributed by atoms with Crippen LogP contribution in [-0.4, -0.2) is 17.5 Å². The van der Waals surface area contributed by atoms with Crippen LogP contribution in [0.15, 0.2) is 24.3 Å². The highest BCUT2D eigenvalue weighted by atomic mass is 35.5. The Morgan fingerprint density at radius 3 is 2.70 bits per heavy atom. The second kappa shape index (κ2) is 5.23. The molecule has 112 valence electrons. The van der Waals surface area contributed by atoms with Crippen molar-refractivity contribution in [3.05, 3.63) is 29.8 Å². The van der Waals surface area contributed by atoms with Crippen LogP contribution in [-0.2, 0) is 6.54 Å². The average Bonchev–Trinajstić information content (AvgIpc) is 2.47. The maximum atomic E-state index is 5.89. The van der Waals surface area contributed by atoms with Gasteiger partial charge in [-0.15, -0.1) is 12.4 Å². The van der Waals surface area contributed by atoms with Gasteiger partial charge in [-0.2, -0.15) is 0 Å². The van der Waals surface area contributed by atoms with E-state index in [-0.39, 0.29) is 12.4 Å². The first-order valence-electron chi connectivity index (χ1n) is 7.44. The minimum Gasteiger partial charge on any atom is -0.399 e. The molecule has 3 heteroatoms. The highest BCUT2D eigenvalue weighted by molar-refractivity contribution is 5.85. The summed E-state index contributed by atoms with van der Waals surface area (Å²) in [7, 11) is 0. The Balaban J connectivity index is 0.00000147. The molecule has 0 radical (unpaired) electrons. The third-order valence-corrected chi connectivity index (χ3v) is 4.86. The molecular weight excluding hydrogens is 268 g/mol. The number of nitrogens with zero attached hydrogens (tertiary/aromatic N) is 1. The number of hydrogen-bond donors (Lipinski definition) is 1. The Bertz CT molecular complexity index is 486. The number of hydrogen-bond acceptors (Lipinski definition) is 2. The number of likely N-dealkylation sites (tertiary alicyclic amines) is 1. The number of benzene rings is 1. The molecule has 0 spiro atoms. The van der Waals surface area contributed by atoms with Gasteiger partial charge < -0.3 is 5.73 Å². The van der Waals surface area contributed by atoms with Crippen molar-refractivity contribution >= 4 is 18.1 Å². The van der Waals surface area contributed by atoms with Crippen LogP contribution in [0.3, 0.4) is 0 Å². The van der Waals surface area contributed by atoms with Gasteiger partial charge in [0, 0.05) is 24.8 Å². The fraction of sp³-hybridized carbons (Fsp3) is 0.647. The van der Waals surface area contributed by atoms with E-state index >= 15 is 0 Å². The van der Waals surface area contributed by atoms with Gasteiger partial charge in [-0.05, 0) is 47.8 Å². The molecule has 2 nitrogen and oxygen atoms in total. The van der Waals surface area contributed by atoms with E-state index in [0.29, 0.717) is 10.8 Å². The van der Waals surface area contributed by atoms with E-state index in [1.165, 1.54) is 31.4 Å². The summed E-state index contributed by atoms with van der Waals surface area (Å²) in [5, 5.41) is 0. The first-order chi connectivity index (χ1) is 8.85. The lowest BCUT2D eigenvalue weighted by molar-refractivity contribution is 0.126. The summed E-state index contributed by atoms with van der Waals surface area (Å²) in [6, 6.07) is 9.12. The van der Waals surface area contributed by atoms with E-state index in [2.05, 4.69) is 43.9 Å². The number of fused-ring (bicyclic) bond motifs is 2. The van der Waals surface area contributed by atoms with Gasteiger partial charge in [-0.3, -0.25) is 4.90 Å². The van der Waals surface area contributed by atoms with Gasteiger partial charge in [0.15, 0.2) is 0 Å². The predicted octanol–water partition coefficient (Wildman–Crippen LogP) is 4.09. The minimum absolute atomic E-state index is 0. The molecule has 1 aliphatic heterocycles. The monoisotopic (exact) mass is 294 g/mol. The van der Waals surface area contributed by atoms with E-state index in [1.54, 1.807) is 0 Å². The van der Waals surface area contributed by atoms with Gasteiger partial charge in [-0.25, -0.2) is 0 Å². The van der Waals surface area contributed by atoms with E-state index in [0.717, 1.165) is 18.3 Å². The lowest BCUT2D eigenvalue weighted by Crippen LogP contribution is -2.34. The SMILES string of the molecule is CC1(C)CC2CC(C)(CN2Cc2cccc(N)c2)C1.Cl. The van der Waals surface area contributed by atoms with E-state index < -0.39 is 0 Å². The van der Waals surface area contributed by atoms with Crippen molar-refractivity contribution in [1.29, 1.82) is 0 Å². The van der Waals surface area contributed by atoms with E-state index in [4.69, 9.17) is 5.73 Å². The number of nitrogens with two attached hydrogens (primary N) is 1. The Hall–Kier alpha value is -0.730. The van der Waals surface area contributed by atoms with Gasteiger partial charge in [-0.1, -0.05) is 32.9 Å². The average molecular weight is 295 g/mol. The summed E-state index contributed by atoms with van der Waals surface area (Å²) in [5.74, 6) is 0. The molecule has 2 N–H and O–H groups in total. The molecule has 2 atom stereocenters. The van der Waals surface area contributed by atoms with Crippen molar-refractivity contribution < 1.29 is 0 Å².